The van der Waals surface area contributed by atoms with Crippen LogP contribution in [0.25, 0.3) is 11.6 Å². The van der Waals surface area contributed by atoms with Gasteiger partial charge in [-0.3, -0.25) is 24.2 Å². The summed E-state index contributed by atoms with van der Waals surface area (Å²) >= 11 is 0. The van der Waals surface area contributed by atoms with E-state index < -0.39 is 0 Å². The molecule has 36 heavy (non-hydrogen) atoms. The summed E-state index contributed by atoms with van der Waals surface area (Å²) in [6, 6.07) is 3.83. The second kappa shape index (κ2) is 10.8. The van der Waals surface area contributed by atoms with Gasteiger partial charge in [-0.15, -0.1) is 0 Å². The molecule has 0 bridgehead atoms. The Balaban J connectivity index is 1.47. The highest BCUT2D eigenvalue weighted by molar-refractivity contribution is 6.05. The quantitative estimate of drug-likeness (QED) is 0.521. The average molecular weight is 488 g/mol. The molecule has 9 heteroatoms. The first-order valence-corrected chi connectivity index (χ1v) is 12.1. The smallest absolute Gasteiger partial charge is 0.257 e. The van der Waals surface area contributed by atoms with Crippen molar-refractivity contribution in [2.24, 2.45) is 7.05 Å². The maximum absolute atomic E-state index is 13.1. The molecule has 0 aromatic carbocycles. The summed E-state index contributed by atoms with van der Waals surface area (Å²) in [5.74, 6) is -0.350. The van der Waals surface area contributed by atoms with Gasteiger partial charge in [0, 0.05) is 43.2 Å². The Morgan fingerprint density at radius 1 is 1.06 bits per heavy atom. The topological polar surface area (TPSA) is 105 Å². The van der Waals surface area contributed by atoms with Crippen LogP contribution >= 0.6 is 0 Å². The number of anilines is 2. The highest BCUT2D eigenvalue weighted by Gasteiger charge is 2.23. The van der Waals surface area contributed by atoms with Crippen LogP contribution < -0.4 is 10.6 Å². The zero-order chi connectivity index (χ0) is 25.8. The van der Waals surface area contributed by atoms with Crippen molar-refractivity contribution in [3.05, 3.63) is 65.0 Å². The molecule has 0 aliphatic carbocycles. The van der Waals surface area contributed by atoms with Crippen molar-refractivity contribution >= 4 is 34.8 Å². The molecule has 3 aromatic rings. The van der Waals surface area contributed by atoms with Crippen molar-refractivity contribution in [3.63, 3.8) is 0 Å². The van der Waals surface area contributed by atoms with Gasteiger partial charge >= 0.3 is 0 Å². The molecule has 1 unspecified atom stereocenters. The van der Waals surface area contributed by atoms with Crippen LogP contribution in [0, 0.1) is 13.8 Å². The minimum Gasteiger partial charge on any atom is -0.325 e. The predicted octanol–water partition coefficient (Wildman–Crippen LogP) is 4.06. The molecule has 2 amide bonds. The van der Waals surface area contributed by atoms with E-state index in [2.05, 4.69) is 30.6 Å². The largest absolute Gasteiger partial charge is 0.325 e. The van der Waals surface area contributed by atoms with Crippen LogP contribution in [0.15, 0.2) is 36.9 Å². The molecule has 1 aliphatic heterocycles. The molecule has 1 atom stereocenters. The second-order valence-electron chi connectivity index (χ2n) is 9.47. The van der Waals surface area contributed by atoms with E-state index in [0.717, 1.165) is 41.8 Å². The van der Waals surface area contributed by atoms with Crippen LogP contribution in [-0.4, -0.2) is 56.1 Å². The lowest BCUT2D eigenvalue weighted by Crippen LogP contribution is -2.29. The number of pyridine rings is 2. The van der Waals surface area contributed by atoms with Crippen molar-refractivity contribution in [3.8, 4) is 0 Å². The minimum atomic E-state index is -0.294. The van der Waals surface area contributed by atoms with Crippen molar-refractivity contribution in [1.82, 2.24) is 24.6 Å². The molecular formula is C27H33N7O2. The van der Waals surface area contributed by atoms with Gasteiger partial charge in [0.05, 0.1) is 35.0 Å². The number of carbonyl (C=O) groups is 2. The number of hydrogen-bond acceptors (Lipinski definition) is 6. The van der Waals surface area contributed by atoms with Crippen molar-refractivity contribution in [2.75, 3.05) is 24.2 Å². The molecule has 2 N–H and O–H groups in total. The van der Waals surface area contributed by atoms with Crippen molar-refractivity contribution in [1.29, 1.82) is 0 Å². The van der Waals surface area contributed by atoms with Crippen LogP contribution in [0.3, 0.4) is 0 Å². The average Bonchev–Trinajstić information content (AvgIpc) is 3.45. The van der Waals surface area contributed by atoms with Crippen LogP contribution in [-0.2, 0) is 11.8 Å². The van der Waals surface area contributed by atoms with Crippen LogP contribution in [0.5, 0.6) is 0 Å². The molecule has 1 aliphatic rings. The number of amides is 2. The summed E-state index contributed by atoms with van der Waals surface area (Å²) in [6.07, 6.45) is 11.5. The molecule has 1 fully saturated rings. The van der Waals surface area contributed by atoms with Gasteiger partial charge in [0.25, 0.3) is 5.91 Å². The van der Waals surface area contributed by atoms with E-state index in [1.54, 1.807) is 29.3 Å². The highest BCUT2D eigenvalue weighted by Crippen LogP contribution is 2.23. The normalized spacial score (nSPS) is 16.2. The van der Waals surface area contributed by atoms with Crippen molar-refractivity contribution in [2.45, 2.75) is 46.1 Å². The zero-order valence-corrected chi connectivity index (χ0v) is 21.5. The summed E-state index contributed by atoms with van der Waals surface area (Å²) in [5, 5.41) is 10.1. The molecular weight excluding hydrogens is 454 g/mol. The summed E-state index contributed by atoms with van der Waals surface area (Å²) < 4.78 is 1.75. The number of nitrogens with zero attached hydrogens (tertiary/aromatic N) is 5. The SMILES string of the molecule is C/C(=C\c1cc(C(=O)Nc2cc(NC(=O)CC3CCCN3C)cnc2C)cnc1C)c1cnn(C)c1. The lowest BCUT2D eigenvalue weighted by atomic mass is 10.0. The molecule has 9 nitrogen and oxygen atoms in total. The standard InChI is InChI=1S/C27H33N7O2/c1-17(22-14-30-34(5)16-22)9-20-10-21(13-28-18(20)2)27(36)32-25-11-23(15-29-19(25)3)31-26(35)12-24-7-6-8-33(24)4/h9-11,13-16,24H,6-8,12H2,1-5H3,(H,31,35)(H,32,36)/b17-9+. The Morgan fingerprint density at radius 3 is 2.53 bits per heavy atom. The van der Waals surface area contributed by atoms with Crippen LogP contribution in [0.1, 0.15) is 59.1 Å². The van der Waals surface area contributed by atoms with Crippen molar-refractivity contribution < 1.29 is 9.59 Å². The van der Waals surface area contributed by atoms with Crippen LogP contribution in [0.4, 0.5) is 11.4 Å². The number of nitrogens with one attached hydrogen (secondary N) is 2. The summed E-state index contributed by atoms with van der Waals surface area (Å²) in [6.45, 7) is 6.75. The number of aryl methyl sites for hydroxylation is 3. The van der Waals surface area contributed by atoms with Gasteiger partial charge in [0.2, 0.25) is 5.91 Å². The van der Waals surface area contributed by atoms with E-state index in [-0.39, 0.29) is 17.9 Å². The molecule has 0 spiro atoms. The van der Waals surface area contributed by atoms with Gasteiger partial charge in [-0.1, -0.05) is 0 Å². The Labute approximate surface area is 211 Å². The van der Waals surface area contributed by atoms with Crippen LogP contribution in [0.2, 0.25) is 0 Å². The number of hydrogen-bond donors (Lipinski definition) is 2. The molecule has 188 valence electrons. The van der Waals surface area contributed by atoms with Gasteiger partial charge in [-0.05, 0) is 76.6 Å². The van der Waals surface area contributed by atoms with E-state index in [1.165, 1.54) is 0 Å². The maximum Gasteiger partial charge on any atom is 0.257 e. The van der Waals surface area contributed by atoms with E-state index in [0.29, 0.717) is 29.1 Å². The second-order valence-corrected chi connectivity index (χ2v) is 9.47. The Hall–Kier alpha value is -3.85. The number of carbonyl (C=O) groups excluding carboxylic acids is 2. The Kier molecular flexibility index (Phi) is 7.59. The van der Waals surface area contributed by atoms with Gasteiger partial charge in [0.1, 0.15) is 0 Å². The lowest BCUT2D eigenvalue weighted by Gasteiger charge is -2.18. The van der Waals surface area contributed by atoms with Gasteiger partial charge in [0.15, 0.2) is 0 Å². The Bertz CT molecular complexity index is 1310. The first-order chi connectivity index (χ1) is 17.2. The third-order valence-corrected chi connectivity index (χ3v) is 6.63. The summed E-state index contributed by atoms with van der Waals surface area (Å²) in [7, 11) is 3.92. The lowest BCUT2D eigenvalue weighted by molar-refractivity contribution is -0.117. The molecule has 4 heterocycles. The monoisotopic (exact) mass is 487 g/mol. The third-order valence-electron chi connectivity index (χ3n) is 6.63. The number of allylic oxidation sites excluding steroid dienone is 1. The summed E-state index contributed by atoms with van der Waals surface area (Å²) in [4.78, 5) is 36.6. The zero-order valence-electron chi connectivity index (χ0n) is 21.5. The number of aromatic nitrogens is 4. The highest BCUT2D eigenvalue weighted by atomic mass is 16.2. The molecule has 3 aromatic heterocycles. The Morgan fingerprint density at radius 2 is 1.83 bits per heavy atom. The maximum atomic E-state index is 13.1. The fraction of sp³-hybridized carbons (Fsp3) is 0.370. The molecule has 0 radical (unpaired) electrons. The fourth-order valence-corrected chi connectivity index (χ4v) is 4.35. The van der Waals surface area contributed by atoms with E-state index >= 15 is 0 Å². The van der Waals surface area contributed by atoms with E-state index in [4.69, 9.17) is 0 Å². The van der Waals surface area contributed by atoms with E-state index in [1.807, 2.05) is 53.2 Å². The number of rotatable bonds is 7. The molecule has 0 saturated carbocycles. The summed E-state index contributed by atoms with van der Waals surface area (Å²) in [5.41, 5.74) is 5.90. The first-order valence-electron chi connectivity index (χ1n) is 12.1. The van der Waals surface area contributed by atoms with Gasteiger partial charge in [-0.25, -0.2) is 0 Å². The van der Waals surface area contributed by atoms with Gasteiger partial charge in [-0.2, -0.15) is 5.10 Å². The molecule has 1 saturated heterocycles. The first kappa shape index (κ1) is 25.2. The van der Waals surface area contributed by atoms with Gasteiger partial charge < -0.3 is 15.5 Å². The van der Waals surface area contributed by atoms with E-state index in [9.17, 15) is 9.59 Å². The third kappa shape index (κ3) is 6.04. The number of likely N-dealkylation sites (tertiary alicyclic amines) is 1. The minimum absolute atomic E-state index is 0.0557. The fourth-order valence-electron chi connectivity index (χ4n) is 4.35. The molecule has 4 rings (SSSR count). The predicted molar refractivity (Wildman–Crippen MR) is 142 cm³/mol.